The van der Waals surface area contributed by atoms with Crippen molar-refractivity contribution in [1.29, 1.82) is 0 Å². The molecule has 1 aliphatic heterocycles. The number of piperidine rings is 1. The van der Waals surface area contributed by atoms with Gasteiger partial charge in [0.05, 0.1) is 0 Å². The number of halogens is 4. The Balaban J connectivity index is 1.83. The summed E-state index contributed by atoms with van der Waals surface area (Å²) in [5.74, 6) is -2.15. The number of alkyl halides is 3. The molecule has 0 aromatic heterocycles. The maximum atomic E-state index is 13.7. The minimum Gasteiger partial charge on any atom is -0.403 e. The molecule has 156 valence electrons. The van der Waals surface area contributed by atoms with E-state index < -0.39 is 24.0 Å². The Morgan fingerprint density at radius 3 is 2.46 bits per heavy atom. The number of hydrogen-bond donors (Lipinski definition) is 2. The molecule has 0 radical (unpaired) electrons. The minimum atomic E-state index is -5.00. The van der Waals surface area contributed by atoms with Crippen molar-refractivity contribution in [2.45, 2.75) is 45.5 Å². The second-order valence-electron chi connectivity index (χ2n) is 6.70. The number of benzene rings is 1. The number of carbonyl (C=O) groups excluding carboxylic acids is 2. The van der Waals surface area contributed by atoms with Gasteiger partial charge in [-0.2, -0.15) is 0 Å². The molecule has 0 spiro atoms. The number of hydrogen-bond acceptors (Lipinski definition) is 3. The highest BCUT2D eigenvalue weighted by atomic mass is 19.4. The maximum absolute atomic E-state index is 13.7. The van der Waals surface area contributed by atoms with Crippen LogP contribution in [-0.2, 0) is 4.79 Å². The largest absolute Gasteiger partial charge is 0.573 e. The molecular formula is C18H23F4N3O3. The highest BCUT2D eigenvalue weighted by Crippen LogP contribution is 2.27. The zero-order valence-electron chi connectivity index (χ0n) is 15.6. The molecule has 3 amide bonds. The van der Waals surface area contributed by atoms with Crippen molar-refractivity contribution in [3.63, 3.8) is 0 Å². The van der Waals surface area contributed by atoms with Crippen molar-refractivity contribution in [2.75, 3.05) is 18.4 Å². The number of rotatable bonds is 5. The van der Waals surface area contributed by atoms with Gasteiger partial charge in [-0.25, -0.2) is 9.18 Å². The van der Waals surface area contributed by atoms with Gasteiger partial charge in [-0.1, -0.05) is 13.8 Å². The van der Waals surface area contributed by atoms with Gasteiger partial charge in [0.25, 0.3) is 0 Å². The summed E-state index contributed by atoms with van der Waals surface area (Å²) in [6.45, 7) is 4.90. The molecule has 10 heteroatoms. The Morgan fingerprint density at radius 2 is 1.93 bits per heavy atom. The van der Waals surface area contributed by atoms with Gasteiger partial charge in [-0.05, 0) is 31.4 Å². The Labute approximate surface area is 160 Å². The van der Waals surface area contributed by atoms with Gasteiger partial charge in [0.15, 0.2) is 11.6 Å². The van der Waals surface area contributed by atoms with Crippen LogP contribution >= 0.6 is 0 Å². The van der Waals surface area contributed by atoms with E-state index in [1.807, 2.05) is 13.8 Å². The SMILES string of the molecule is CCC(C)C(=O)N1CCC(NC(=O)Nc2ccc(OC(F)(F)F)c(F)c2)CC1. The van der Waals surface area contributed by atoms with Crippen molar-refractivity contribution in [2.24, 2.45) is 5.92 Å². The van der Waals surface area contributed by atoms with Crippen LogP contribution in [0.2, 0.25) is 0 Å². The predicted molar refractivity (Wildman–Crippen MR) is 94.3 cm³/mol. The average Bonchev–Trinajstić information content (AvgIpc) is 2.62. The lowest BCUT2D eigenvalue weighted by Crippen LogP contribution is -2.48. The Morgan fingerprint density at radius 1 is 1.29 bits per heavy atom. The number of nitrogens with one attached hydrogen (secondary N) is 2. The number of anilines is 1. The van der Waals surface area contributed by atoms with Crippen LogP contribution in [0.4, 0.5) is 28.0 Å². The molecule has 1 unspecified atom stereocenters. The van der Waals surface area contributed by atoms with E-state index in [1.165, 1.54) is 0 Å². The second-order valence-corrected chi connectivity index (χ2v) is 6.70. The fraction of sp³-hybridized carbons (Fsp3) is 0.556. The van der Waals surface area contributed by atoms with Crippen LogP contribution in [0.1, 0.15) is 33.1 Å². The highest BCUT2D eigenvalue weighted by Gasteiger charge is 2.32. The zero-order valence-corrected chi connectivity index (χ0v) is 15.6. The lowest BCUT2D eigenvalue weighted by molar-refractivity contribution is -0.275. The summed E-state index contributed by atoms with van der Waals surface area (Å²) in [5, 5.41) is 5.09. The standard InChI is InChI=1S/C18H23F4N3O3/c1-3-11(2)16(26)25-8-6-12(7-9-25)23-17(27)24-13-4-5-15(14(19)10-13)28-18(20,21)22/h4-5,10-12H,3,6-9H2,1-2H3,(H2,23,24,27). The molecule has 1 saturated heterocycles. The van der Waals surface area contributed by atoms with Crippen molar-refractivity contribution in [1.82, 2.24) is 10.2 Å². The first kappa shape index (κ1) is 21.8. The van der Waals surface area contributed by atoms with Crippen LogP contribution in [-0.4, -0.2) is 42.3 Å². The van der Waals surface area contributed by atoms with E-state index in [9.17, 15) is 27.2 Å². The lowest BCUT2D eigenvalue weighted by atomic mass is 10.0. The van der Waals surface area contributed by atoms with E-state index >= 15 is 0 Å². The van der Waals surface area contributed by atoms with Gasteiger partial charge in [0.1, 0.15) is 0 Å². The summed E-state index contributed by atoms with van der Waals surface area (Å²) in [6.07, 6.45) is -3.06. The average molecular weight is 405 g/mol. The fourth-order valence-electron chi connectivity index (χ4n) is 2.87. The van der Waals surface area contributed by atoms with E-state index in [-0.39, 0.29) is 23.6 Å². The van der Waals surface area contributed by atoms with Gasteiger partial charge < -0.3 is 20.3 Å². The van der Waals surface area contributed by atoms with Crippen LogP contribution in [0.5, 0.6) is 5.75 Å². The van der Waals surface area contributed by atoms with Crippen LogP contribution in [0.3, 0.4) is 0 Å². The molecule has 1 aromatic carbocycles. The topological polar surface area (TPSA) is 70.7 Å². The molecule has 1 atom stereocenters. The summed E-state index contributed by atoms with van der Waals surface area (Å²) in [7, 11) is 0. The molecule has 1 fully saturated rings. The maximum Gasteiger partial charge on any atom is 0.573 e. The van der Waals surface area contributed by atoms with Crippen molar-refractivity contribution >= 4 is 17.6 Å². The molecular weight excluding hydrogens is 382 g/mol. The van der Waals surface area contributed by atoms with Crippen molar-refractivity contribution < 1.29 is 31.9 Å². The first-order valence-electron chi connectivity index (χ1n) is 9.00. The first-order chi connectivity index (χ1) is 13.1. The Hall–Kier alpha value is -2.52. The molecule has 2 rings (SSSR count). The number of nitrogens with zero attached hydrogens (tertiary/aromatic N) is 1. The summed E-state index contributed by atoms with van der Waals surface area (Å²) in [6, 6.07) is 1.89. The number of urea groups is 1. The van der Waals surface area contributed by atoms with E-state index in [0.29, 0.717) is 25.9 Å². The molecule has 0 aliphatic carbocycles. The van der Waals surface area contributed by atoms with E-state index in [4.69, 9.17) is 0 Å². The normalized spacial score (nSPS) is 16.4. The first-order valence-corrected chi connectivity index (χ1v) is 9.00. The van der Waals surface area contributed by atoms with Gasteiger partial charge in [0.2, 0.25) is 5.91 Å². The summed E-state index contributed by atoms with van der Waals surface area (Å²) < 4.78 is 53.6. The monoisotopic (exact) mass is 405 g/mol. The number of ether oxygens (including phenoxy) is 1. The number of likely N-dealkylation sites (tertiary alicyclic amines) is 1. The fourth-order valence-corrected chi connectivity index (χ4v) is 2.87. The molecule has 1 heterocycles. The molecule has 0 bridgehead atoms. The van der Waals surface area contributed by atoms with Gasteiger partial charge in [0, 0.05) is 36.8 Å². The smallest absolute Gasteiger partial charge is 0.403 e. The number of carbonyl (C=O) groups is 2. The second kappa shape index (κ2) is 9.11. The van der Waals surface area contributed by atoms with E-state index in [1.54, 1.807) is 4.90 Å². The van der Waals surface area contributed by atoms with Crippen molar-refractivity contribution in [3.05, 3.63) is 24.0 Å². The molecule has 0 saturated carbocycles. The summed E-state index contributed by atoms with van der Waals surface area (Å²) in [5.41, 5.74) is -0.00564. The van der Waals surface area contributed by atoms with Crippen LogP contribution in [0.15, 0.2) is 18.2 Å². The zero-order chi connectivity index (χ0) is 20.9. The number of amides is 3. The lowest BCUT2D eigenvalue weighted by Gasteiger charge is -2.33. The van der Waals surface area contributed by atoms with Crippen LogP contribution < -0.4 is 15.4 Å². The van der Waals surface area contributed by atoms with E-state index in [0.717, 1.165) is 24.6 Å². The Bertz CT molecular complexity index is 704. The van der Waals surface area contributed by atoms with Crippen LogP contribution in [0, 0.1) is 11.7 Å². The highest BCUT2D eigenvalue weighted by molar-refractivity contribution is 5.89. The minimum absolute atomic E-state index is 0.00564. The summed E-state index contributed by atoms with van der Waals surface area (Å²) >= 11 is 0. The molecule has 6 nitrogen and oxygen atoms in total. The third kappa shape index (κ3) is 6.28. The van der Waals surface area contributed by atoms with Gasteiger partial charge in [-0.3, -0.25) is 4.79 Å². The van der Waals surface area contributed by atoms with E-state index in [2.05, 4.69) is 15.4 Å². The molecule has 1 aliphatic rings. The molecule has 1 aromatic rings. The molecule has 28 heavy (non-hydrogen) atoms. The summed E-state index contributed by atoms with van der Waals surface area (Å²) in [4.78, 5) is 26.0. The quantitative estimate of drug-likeness (QED) is 0.731. The third-order valence-electron chi connectivity index (χ3n) is 4.59. The predicted octanol–water partition coefficient (Wildman–Crippen LogP) is 3.88. The van der Waals surface area contributed by atoms with Gasteiger partial charge >= 0.3 is 12.4 Å². The van der Waals surface area contributed by atoms with Crippen LogP contribution in [0.25, 0.3) is 0 Å². The Kier molecular flexibility index (Phi) is 7.09. The van der Waals surface area contributed by atoms with Crippen molar-refractivity contribution in [3.8, 4) is 5.75 Å². The molecule has 2 N–H and O–H groups in total. The van der Waals surface area contributed by atoms with Gasteiger partial charge in [-0.15, -0.1) is 13.2 Å². The third-order valence-corrected chi connectivity index (χ3v) is 4.59.